The van der Waals surface area contributed by atoms with E-state index in [0.717, 1.165) is 0 Å². The Labute approximate surface area is 141 Å². The van der Waals surface area contributed by atoms with E-state index in [-0.39, 0.29) is 17.1 Å². The predicted molar refractivity (Wildman–Crippen MR) is 83.4 cm³/mol. The lowest BCUT2D eigenvalue weighted by Crippen LogP contribution is -2.60. The molecule has 1 aromatic heterocycles. The average molecular weight is 354 g/mol. The number of fused-ring (bicyclic) bond motifs is 1. The van der Waals surface area contributed by atoms with E-state index in [1.54, 1.807) is 12.1 Å². The van der Waals surface area contributed by atoms with E-state index in [0.29, 0.717) is 5.39 Å². The standard InChI is InChI=1S/C16H18O9/c1-22-15-8(4-2-7-3-5-10(18)25-14(7)15)23-16-13(21)12(20)11(19)9(6-17)24-16/h2-5,9,11-13,16-17,19-21H,6H2,1H3/t9-,11-,12+,13-,16-/m1/s1. The van der Waals surface area contributed by atoms with Crippen molar-refractivity contribution in [2.24, 2.45) is 0 Å². The van der Waals surface area contributed by atoms with Gasteiger partial charge in [-0.05, 0) is 18.2 Å². The average Bonchev–Trinajstić information content (AvgIpc) is 2.61. The fourth-order valence-corrected chi connectivity index (χ4v) is 2.66. The molecule has 0 spiro atoms. The van der Waals surface area contributed by atoms with Gasteiger partial charge in [0.05, 0.1) is 13.7 Å². The molecule has 1 fully saturated rings. The summed E-state index contributed by atoms with van der Waals surface area (Å²) in [5.41, 5.74) is -0.423. The van der Waals surface area contributed by atoms with Crippen LogP contribution < -0.4 is 15.1 Å². The normalized spacial score (nSPS) is 29.6. The quantitative estimate of drug-likeness (QED) is 0.508. The molecule has 1 saturated heterocycles. The highest BCUT2D eigenvalue weighted by Crippen LogP contribution is 2.36. The molecule has 0 unspecified atom stereocenters. The van der Waals surface area contributed by atoms with E-state index < -0.39 is 42.9 Å². The minimum atomic E-state index is -1.57. The fraction of sp³-hybridized carbons (Fsp3) is 0.438. The van der Waals surface area contributed by atoms with E-state index in [4.69, 9.17) is 18.6 Å². The lowest BCUT2D eigenvalue weighted by molar-refractivity contribution is -0.277. The number of aliphatic hydroxyl groups excluding tert-OH is 4. The van der Waals surface area contributed by atoms with Crippen LogP contribution in [0.15, 0.2) is 33.5 Å². The Balaban J connectivity index is 1.95. The van der Waals surface area contributed by atoms with E-state index in [2.05, 4.69) is 0 Å². The van der Waals surface area contributed by atoms with Crippen LogP contribution >= 0.6 is 0 Å². The van der Waals surface area contributed by atoms with Crippen molar-refractivity contribution in [3.8, 4) is 11.5 Å². The van der Waals surface area contributed by atoms with E-state index >= 15 is 0 Å². The van der Waals surface area contributed by atoms with Crippen molar-refractivity contribution in [2.75, 3.05) is 13.7 Å². The number of methoxy groups -OCH3 is 1. The molecule has 5 atom stereocenters. The molecule has 0 aliphatic carbocycles. The zero-order valence-corrected chi connectivity index (χ0v) is 13.2. The Kier molecular flexibility index (Phi) is 4.93. The minimum absolute atomic E-state index is 0.0914. The summed E-state index contributed by atoms with van der Waals surface area (Å²) < 4.78 is 21.2. The summed E-state index contributed by atoms with van der Waals surface area (Å²) in [6.45, 7) is -0.575. The number of benzene rings is 1. The van der Waals surface area contributed by atoms with E-state index in [9.17, 15) is 25.2 Å². The Hall–Kier alpha value is -2.17. The van der Waals surface area contributed by atoms with E-state index in [1.807, 2.05) is 0 Å². The van der Waals surface area contributed by atoms with Gasteiger partial charge in [0.25, 0.3) is 0 Å². The minimum Gasteiger partial charge on any atom is -0.490 e. The van der Waals surface area contributed by atoms with Crippen molar-refractivity contribution in [3.63, 3.8) is 0 Å². The van der Waals surface area contributed by atoms with Crippen LogP contribution in [0.1, 0.15) is 0 Å². The van der Waals surface area contributed by atoms with Gasteiger partial charge in [-0.2, -0.15) is 0 Å². The van der Waals surface area contributed by atoms with Crippen molar-refractivity contribution in [2.45, 2.75) is 30.7 Å². The van der Waals surface area contributed by atoms with Gasteiger partial charge in [-0.1, -0.05) is 0 Å². The van der Waals surface area contributed by atoms with Crippen molar-refractivity contribution in [1.29, 1.82) is 0 Å². The second-order valence-corrected chi connectivity index (χ2v) is 5.58. The molecular weight excluding hydrogens is 336 g/mol. The topological polar surface area (TPSA) is 139 Å². The molecule has 1 aliphatic rings. The second kappa shape index (κ2) is 6.98. The number of ether oxygens (including phenoxy) is 3. The van der Waals surface area contributed by atoms with Crippen LogP contribution in [0.2, 0.25) is 0 Å². The number of hydrogen-bond acceptors (Lipinski definition) is 9. The summed E-state index contributed by atoms with van der Waals surface area (Å²) in [5.74, 6) is 0.195. The summed E-state index contributed by atoms with van der Waals surface area (Å²) in [5, 5.41) is 39.5. The highest BCUT2D eigenvalue weighted by molar-refractivity contribution is 5.85. The highest BCUT2D eigenvalue weighted by atomic mass is 16.7. The van der Waals surface area contributed by atoms with Gasteiger partial charge in [0, 0.05) is 11.5 Å². The maximum absolute atomic E-state index is 11.4. The van der Waals surface area contributed by atoms with Gasteiger partial charge >= 0.3 is 5.63 Å². The van der Waals surface area contributed by atoms with Crippen molar-refractivity contribution in [3.05, 3.63) is 34.7 Å². The molecule has 9 heteroatoms. The molecule has 136 valence electrons. The van der Waals surface area contributed by atoms with Gasteiger partial charge in [0.15, 0.2) is 11.3 Å². The van der Waals surface area contributed by atoms with Crippen LogP contribution in [0, 0.1) is 0 Å². The SMILES string of the molecule is COc1c(O[C@@H]2O[C@H](CO)[C@@H](O)[C@H](O)[C@H]2O)ccc2ccc(=O)oc12. The molecule has 2 aromatic rings. The first kappa shape index (κ1) is 17.6. The van der Waals surface area contributed by atoms with Crippen LogP contribution in [-0.4, -0.2) is 64.8 Å². The zero-order chi connectivity index (χ0) is 18.1. The molecule has 1 aliphatic heterocycles. The molecule has 0 saturated carbocycles. The lowest BCUT2D eigenvalue weighted by Gasteiger charge is -2.39. The van der Waals surface area contributed by atoms with Crippen LogP contribution in [0.4, 0.5) is 0 Å². The third-order valence-corrected chi connectivity index (χ3v) is 4.00. The second-order valence-electron chi connectivity index (χ2n) is 5.58. The van der Waals surface area contributed by atoms with Crippen LogP contribution in [0.5, 0.6) is 11.5 Å². The zero-order valence-electron chi connectivity index (χ0n) is 13.2. The van der Waals surface area contributed by atoms with Crippen LogP contribution in [-0.2, 0) is 4.74 Å². The number of rotatable bonds is 4. The largest absolute Gasteiger partial charge is 0.490 e. The van der Waals surface area contributed by atoms with Crippen LogP contribution in [0.3, 0.4) is 0 Å². The van der Waals surface area contributed by atoms with Gasteiger partial charge in [0.2, 0.25) is 12.0 Å². The maximum Gasteiger partial charge on any atom is 0.336 e. The number of aliphatic hydroxyl groups is 4. The molecule has 0 amide bonds. The highest BCUT2D eigenvalue weighted by Gasteiger charge is 2.45. The van der Waals surface area contributed by atoms with Gasteiger partial charge in [-0.25, -0.2) is 4.79 Å². The third-order valence-electron chi connectivity index (χ3n) is 4.00. The molecule has 4 N–H and O–H groups in total. The van der Waals surface area contributed by atoms with E-state index in [1.165, 1.54) is 19.2 Å². The Morgan fingerprint density at radius 1 is 1.08 bits per heavy atom. The Bertz CT molecular complexity index is 800. The first-order valence-corrected chi connectivity index (χ1v) is 7.54. The summed E-state index contributed by atoms with van der Waals surface area (Å²) >= 11 is 0. The summed E-state index contributed by atoms with van der Waals surface area (Å²) in [4.78, 5) is 11.4. The number of hydrogen-bond donors (Lipinski definition) is 4. The fourth-order valence-electron chi connectivity index (χ4n) is 2.66. The molecule has 0 bridgehead atoms. The lowest BCUT2D eigenvalue weighted by atomic mass is 9.99. The van der Waals surface area contributed by atoms with Gasteiger partial charge in [-0.15, -0.1) is 0 Å². The first-order valence-electron chi connectivity index (χ1n) is 7.54. The smallest absolute Gasteiger partial charge is 0.336 e. The summed E-state index contributed by atoms with van der Waals surface area (Å²) in [6.07, 6.45) is -7.11. The van der Waals surface area contributed by atoms with Gasteiger partial charge in [0.1, 0.15) is 24.4 Å². The monoisotopic (exact) mass is 354 g/mol. The third kappa shape index (κ3) is 3.20. The molecule has 25 heavy (non-hydrogen) atoms. The molecule has 2 heterocycles. The molecule has 3 rings (SSSR count). The van der Waals surface area contributed by atoms with Gasteiger partial charge < -0.3 is 39.1 Å². The molecule has 1 aromatic carbocycles. The predicted octanol–water partition coefficient (Wildman–Crippen LogP) is -1.02. The summed E-state index contributed by atoms with van der Waals surface area (Å²) in [7, 11) is 1.35. The van der Waals surface area contributed by atoms with Crippen molar-refractivity contribution >= 4 is 11.0 Å². The molecular formula is C16H18O9. The maximum atomic E-state index is 11.4. The van der Waals surface area contributed by atoms with Crippen molar-refractivity contribution in [1.82, 2.24) is 0 Å². The summed E-state index contributed by atoms with van der Waals surface area (Å²) in [6, 6.07) is 5.95. The van der Waals surface area contributed by atoms with Crippen molar-refractivity contribution < 1.29 is 39.1 Å². The molecule has 0 radical (unpaired) electrons. The first-order chi connectivity index (χ1) is 12.0. The molecule has 9 nitrogen and oxygen atoms in total. The Morgan fingerprint density at radius 2 is 1.80 bits per heavy atom. The Morgan fingerprint density at radius 3 is 2.48 bits per heavy atom. The van der Waals surface area contributed by atoms with Gasteiger partial charge in [-0.3, -0.25) is 0 Å². The van der Waals surface area contributed by atoms with Crippen LogP contribution in [0.25, 0.3) is 11.0 Å².